The lowest BCUT2D eigenvalue weighted by Gasteiger charge is -2.28. The van der Waals surface area contributed by atoms with Crippen molar-refractivity contribution < 1.29 is 0 Å². The van der Waals surface area contributed by atoms with E-state index < -0.39 is 0 Å². The van der Waals surface area contributed by atoms with E-state index in [1.54, 1.807) is 0 Å². The molecule has 0 saturated heterocycles. The van der Waals surface area contributed by atoms with Gasteiger partial charge >= 0.3 is 0 Å². The summed E-state index contributed by atoms with van der Waals surface area (Å²) in [4.78, 5) is 0. The Kier molecular flexibility index (Phi) is 8.46. The van der Waals surface area contributed by atoms with Crippen molar-refractivity contribution in [2.75, 3.05) is 0 Å². The lowest BCUT2D eigenvalue weighted by Crippen LogP contribution is -2.13. The molecule has 29 heavy (non-hydrogen) atoms. The van der Waals surface area contributed by atoms with Crippen LogP contribution in [0.3, 0.4) is 0 Å². The predicted molar refractivity (Wildman–Crippen MR) is 125 cm³/mol. The van der Waals surface area contributed by atoms with E-state index in [4.69, 9.17) is 0 Å². The van der Waals surface area contributed by atoms with Crippen LogP contribution in [-0.2, 0) is 0 Å². The van der Waals surface area contributed by atoms with Crippen LogP contribution in [0, 0.1) is 29.6 Å². The van der Waals surface area contributed by atoms with Crippen molar-refractivity contribution in [2.24, 2.45) is 5.92 Å². The highest BCUT2D eigenvalue weighted by Crippen LogP contribution is 2.37. The van der Waals surface area contributed by atoms with Gasteiger partial charge in [-0.05, 0) is 85.9 Å². The molecule has 0 nitrogen and oxygen atoms in total. The number of hydrogen-bond donors (Lipinski definition) is 0. The first kappa shape index (κ1) is 21.3. The number of unbranched alkanes of at least 4 members (excludes halogenated alkanes) is 2. The largest absolute Gasteiger partial charge is 0.0979 e. The highest BCUT2D eigenvalue weighted by molar-refractivity contribution is 5.46. The lowest BCUT2D eigenvalue weighted by atomic mass is 9.77. The summed E-state index contributed by atoms with van der Waals surface area (Å²) in [6.07, 6.45) is 11.8. The molecular formula is C29H34. The van der Waals surface area contributed by atoms with Crippen LogP contribution in [0.2, 0.25) is 0 Å². The van der Waals surface area contributed by atoms with Gasteiger partial charge < -0.3 is 0 Å². The first-order valence-electron chi connectivity index (χ1n) is 11.5. The molecule has 2 aromatic carbocycles. The van der Waals surface area contributed by atoms with E-state index in [2.05, 4.69) is 86.1 Å². The molecule has 0 radical (unpaired) electrons. The van der Waals surface area contributed by atoms with Gasteiger partial charge in [0.25, 0.3) is 0 Å². The summed E-state index contributed by atoms with van der Waals surface area (Å²) in [7, 11) is 0. The maximum atomic E-state index is 3.31. The fourth-order valence-corrected chi connectivity index (χ4v) is 4.19. The molecule has 1 aliphatic rings. The number of rotatable bonds is 5. The van der Waals surface area contributed by atoms with Gasteiger partial charge in [0.05, 0.1) is 0 Å². The Labute approximate surface area is 178 Å². The minimum absolute atomic E-state index is 0.747. The molecule has 0 aromatic heterocycles. The van der Waals surface area contributed by atoms with E-state index in [-0.39, 0.29) is 0 Å². The molecule has 0 spiro atoms. The van der Waals surface area contributed by atoms with Crippen LogP contribution in [0.5, 0.6) is 0 Å². The van der Waals surface area contributed by atoms with Crippen LogP contribution in [0.1, 0.15) is 99.8 Å². The van der Waals surface area contributed by atoms with Crippen LogP contribution in [0.15, 0.2) is 48.5 Å². The summed E-state index contributed by atoms with van der Waals surface area (Å²) in [6.45, 7) is 4.45. The third kappa shape index (κ3) is 6.84. The highest BCUT2D eigenvalue weighted by Gasteiger charge is 2.21. The van der Waals surface area contributed by atoms with Crippen molar-refractivity contribution in [3.8, 4) is 23.7 Å². The van der Waals surface area contributed by atoms with E-state index in [1.165, 1.54) is 50.5 Å². The number of hydrogen-bond acceptors (Lipinski definition) is 0. The van der Waals surface area contributed by atoms with Crippen molar-refractivity contribution in [1.82, 2.24) is 0 Å². The van der Waals surface area contributed by atoms with Crippen molar-refractivity contribution in [2.45, 2.75) is 77.6 Å². The lowest BCUT2D eigenvalue weighted by molar-refractivity contribution is 0.304. The zero-order valence-corrected chi connectivity index (χ0v) is 18.1. The Morgan fingerprint density at radius 3 is 1.79 bits per heavy atom. The van der Waals surface area contributed by atoms with Crippen LogP contribution in [-0.4, -0.2) is 0 Å². The summed E-state index contributed by atoms with van der Waals surface area (Å²) in [5.74, 6) is 14.7. The Morgan fingerprint density at radius 2 is 1.24 bits per heavy atom. The fraction of sp³-hybridized carbons (Fsp3) is 0.448. The molecule has 0 atom stereocenters. The van der Waals surface area contributed by atoms with Crippen LogP contribution in [0.25, 0.3) is 0 Å². The Bertz CT molecular complexity index is 854. The van der Waals surface area contributed by atoms with E-state index in [0.29, 0.717) is 0 Å². The predicted octanol–water partition coefficient (Wildman–Crippen LogP) is 7.70. The average Bonchev–Trinajstić information content (AvgIpc) is 2.78. The number of benzene rings is 2. The second kappa shape index (κ2) is 11.5. The minimum Gasteiger partial charge on any atom is -0.0979 e. The molecule has 3 rings (SSSR count). The summed E-state index contributed by atoms with van der Waals surface area (Å²) < 4.78 is 0. The van der Waals surface area contributed by atoms with Crippen LogP contribution >= 0.6 is 0 Å². The molecule has 0 aliphatic heterocycles. The van der Waals surface area contributed by atoms with Crippen LogP contribution in [0.4, 0.5) is 0 Å². The second-order valence-electron chi connectivity index (χ2n) is 8.36. The van der Waals surface area contributed by atoms with Crippen molar-refractivity contribution >= 4 is 0 Å². The quantitative estimate of drug-likeness (QED) is 0.465. The van der Waals surface area contributed by atoms with Gasteiger partial charge in [0.15, 0.2) is 0 Å². The molecule has 150 valence electrons. The van der Waals surface area contributed by atoms with E-state index in [0.717, 1.165) is 41.4 Å². The minimum atomic E-state index is 0.747. The zero-order chi connectivity index (χ0) is 20.3. The molecule has 1 aliphatic carbocycles. The molecule has 0 amide bonds. The Balaban J connectivity index is 1.54. The molecule has 2 aromatic rings. The van der Waals surface area contributed by atoms with Crippen molar-refractivity contribution in [1.29, 1.82) is 0 Å². The normalized spacial score (nSPS) is 18.3. The van der Waals surface area contributed by atoms with E-state index in [1.807, 2.05) is 0 Å². The summed E-state index contributed by atoms with van der Waals surface area (Å²) in [5.41, 5.74) is 4.70. The van der Waals surface area contributed by atoms with Gasteiger partial charge in [0.1, 0.15) is 0 Å². The van der Waals surface area contributed by atoms with Gasteiger partial charge in [-0.15, -0.1) is 0 Å². The topological polar surface area (TPSA) is 0 Å². The molecular weight excluding hydrogens is 348 g/mol. The van der Waals surface area contributed by atoms with Gasteiger partial charge in [-0.2, -0.15) is 0 Å². The molecule has 0 heteroatoms. The fourth-order valence-electron chi connectivity index (χ4n) is 4.19. The Morgan fingerprint density at radius 1 is 0.690 bits per heavy atom. The maximum absolute atomic E-state index is 3.31. The Hall–Kier alpha value is -2.44. The van der Waals surface area contributed by atoms with Gasteiger partial charge in [0, 0.05) is 23.1 Å². The van der Waals surface area contributed by atoms with Crippen LogP contribution < -0.4 is 0 Å². The monoisotopic (exact) mass is 382 g/mol. The van der Waals surface area contributed by atoms with E-state index >= 15 is 0 Å². The van der Waals surface area contributed by atoms with Gasteiger partial charge in [-0.1, -0.05) is 68.9 Å². The summed E-state index contributed by atoms with van der Waals surface area (Å²) in [6, 6.07) is 17.2. The third-order valence-corrected chi connectivity index (χ3v) is 6.04. The zero-order valence-electron chi connectivity index (χ0n) is 18.1. The summed E-state index contributed by atoms with van der Waals surface area (Å²) in [5, 5.41) is 0. The van der Waals surface area contributed by atoms with Gasteiger partial charge in [-0.3, -0.25) is 0 Å². The molecule has 0 N–H and O–H groups in total. The average molecular weight is 383 g/mol. The molecule has 0 bridgehead atoms. The first-order valence-corrected chi connectivity index (χ1v) is 11.5. The third-order valence-electron chi connectivity index (χ3n) is 6.04. The van der Waals surface area contributed by atoms with Crippen molar-refractivity contribution in [3.63, 3.8) is 0 Å². The highest BCUT2D eigenvalue weighted by atomic mass is 14.3. The van der Waals surface area contributed by atoms with Gasteiger partial charge in [-0.25, -0.2) is 0 Å². The molecule has 0 heterocycles. The smallest absolute Gasteiger partial charge is 0.0249 e. The maximum Gasteiger partial charge on any atom is 0.0249 e. The SMILES string of the molecule is CCCC#Cc1ccc(C#Cc2ccc(C3CCC(CCCC)CC3)cc2)cc1. The molecule has 1 saturated carbocycles. The second-order valence-corrected chi connectivity index (χ2v) is 8.36. The first-order chi connectivity index (χ1) is 14.3. The van der Waals surface area contributed by atoms with Crippen molar-refractivity contribution in [3.05, 3.63) is 70.8 Å². The van der Waals surface area contributed by atoms with E-state index in [9.17, 15) is 0 Å². The summed E-state index contributed by atoms with van der Waals surface area (Å²) >= 11 is 0. The van der Waals surface area contributed by atoms with Gasteiger partial charge in [0.2, 0.25) is 0 Å². The molecule has 0 unspecified atom stereocenters. The molecule has 1 fully saturated rings. The standard InChI is InChI=1S/C29H34/c1-3-5-7-9-25-10-12-26(13-11-25)14-15-27-18-22-29(23-19-27)28-20-16-24(17-21-28)8-6-4-2/h10-13,18-19,22-24,28H,3-6,8,16-17,20-21H2,1-2H3.